The molecule has 0 aromatic heterocycles. The molecule has 0 fully saturated rings. The van der Waals surface area contributed by atoms with Gasteiger partial charge in [0.05, 0.1) is 0 Å². The average molecular weight is 1220 g/mol. The van der Waals surface area contributed by atoms with Crippen molar-refractivity contribution in [1.82, 2.24) is 0 Å². The first kappa shape index (κ1) is 61.2. The van der Waals surface area contributed by atoms with Crippen LogP contribution in [0, 0.1) is 27.7 Å². The van der Waals surface area contributed by atoms with Crippen molar-refractivity contribution in [2.45, 2.75) is 98.6 Å². The van der Waals surface area contributed by atoms with Crippen molar-refractivity contribution < 1.29 is 70.8 Å². The van der Waals surface area contributed by atoms with E-state index in [1.807, 2.05) is 0 Å². The van der Waals surface area contributed by atoms with Gasteiger partial charge in [-0.1, -0.05) is 119 Å². The van der Waals surface area contributed by atoms with Crippen molar-refractivity contribution in [3.8, 4) is 23.0 Å². The molecule has 0 atom stereocenters. The molecule has 0 saturated heterocycles. The summed E-state index contributed by atoms with van der Waals surface area (Å²) >= 11 is 0. The van der Waals surface area contributed by atoms with E-state index < -0.39 is 40.5 Å². The van der Waals surface area contributed by atoms with Crippen LogP contribution < -0.4 is 16.7 Å². The van der Waals surface area contributed by atoms with E-state index >= 15 is 0 Å². The van der Waals surface area contributed by atoms with E-state index in [1.54, 1.807) is 125 Å². The van der Waals surface area contributed by atoms with Crippen molar-refractivity contribution in [1.29, 1.82) is 0 Å². The molecule has 0 amide bonds. The molecule has 1 aliphatic carbocycles. The highest BCUT2D eigenvalue weighted by atomic mass is 32.2. The Morgan fingerprint density at radius 3 is 0.583 bits per heavy atom. The Hall–Kier alpha value is -7.40. The van der Waals surface area contributed by atoms with E-state index in [1.165, 1.54) is 48.5 Å². The van der Waals surface area contributed by atoms with Crippen LogP contribution in [0.1, 0.15) is 89.0 Å². The lowest BCUT2D eigenvalue weighted by molar-refractivity contribution is 0.299. The Kier molecular flexibility index (Phi) is 18.5. The fourth-order valence-electron chi connectivity index (χ4n) is 10.2. The van der Waals surface area contributed by atoms with Gasteiger partial charge in [0.1, 0.15) is 42.6 Å². The Bertz CT molecular complexity index is 3560. The predicted molar refractivity (Wildman–Crippen MR) is 316 cm³/mol. The van der Waals surface area contributed by atoms with Crippen molar-refractivity contribution >= 4 is 40.5 Å². The largest absolute Gasteiger partial charge is 0.396 e. The zero-order valence-corrected chi connectivity index (χ0v) is 49.9. The lowest BCUT2D eigenvalue weighted by Crippen LogP contribution is -2.17. The maximum Gasteiger partial charge on any atom is 0.339 e. The molecule has 0 spiro atoms. The molecule has 20 heteroatoms. The van der Waals surface area contributed by atoms with Crippen molar-refractivity contribution in [2.75, 3.05) is 26.4 Å². The van der Waals surface area contributed by atoms with Crippen LogP contribution in [0.2, 0.25) is 0 Å². The van der Waals surface area contributed by atoms with Gasteiger partial charge in [0.15, 0.2) is 0 Å². The molecule has 0 aliphatic heterocycles. The molecule has 0 heterocycles. The molecule has 0 radical (unpaired) electrons. The van der Waals surface area contributed by atoms with Crippen LogP contribution in [0.25, 0.3) is 0 Å². The summed E-state index contributed by atoms with van der Waals surface area (Å²) in [6.45, 7) is 5.64. The Labute approximate surface area is 491 Å². The van der Waals surface area contributed by atoms with Crippen LogP contribution in [0.15, 0.2) is 165 Å². The summed E-state index contributed by atoms with van der Waals surface area (Å²) in [7, 11) is -18.9. The molecule has 84 heavy (non-hydrogen) atoms. The molecule has 1 aliphatic rings. The van der Waals surface area contributed by atoms with Gasteiger partial charge in [0, 0.05) is 96.6 Å². The first-order valence-electron chi connectivity index (χ1n) is 27.0. The standard InChI is InChI=1S/C64H64O16S4/c1-41-5-13-57(14-6-41)81(69,70)77-61-49-29-45(21-25-65)30-50(61)38-52-32-47(23-27-67)34-54(63(52)79-83(73,74)59-17-9-43(3)10-18-59)40-56-36-48(24-28-68)35-55(64(56)80-84(75,76)60-19-11-44(4)12-20-60)39-53-33-46(22-26-66)31-51(37-49)62(53)78-82(71,72)58-15-7-42(2)8-16-58/h5-20,29-36,65-68H,21-28,37-40H2,1-4H3. The van der Waals surface area contributed by atoms with E-state index in [-0.39, 0.29) is 165 Å². The normalized spacial score (nSPS) is 12.9. The lowest BCUT2D eigenvalue weighted by Gasteiger charge is -2.24. The van der Waals surface area contributed by atoms with Crippen LogP contribution in [-0.4, -0.2) is 80.5 Å². The van der Waals surface area contributed by atoms with Crippen LogP contribution in [0.4, 0.5) is 0 Å². The van der Waals surface area contributed by atoms with E-state index in [2.05, 4.69) is 0 Å². The third-order valence-corrected chi connectivity index (χ3v) is 19.3. The third kappa shape index (κ3) is 14.2. The van der Waals surface area contributed by atoms with Gasteiger partial charge in [0.2, 0.25) is 0 Å². The van der Waals surface area contributed by atoms with Crippen molar-refractivity contribution in [2.24, 2.45) is 0 Å². The van der Waals surface area contributed by atoms with E-state index in [0.29, 0.717) is 22.3 Å². The van der Waals surface area contributed by atoms with Crippen LogP contribution in [0.3, 0.4) is 0 Å². The van der Waals surface area contributed by atoms with E-state index in [9.17, 15) is 54.1 Å². The molecule has 9 rings (SSSR count). The number of benzene rings is 8. The predicted octanol–water partition coefficient (Wildman–Crippen LogP) is 8.81. The molecule has 0 saturated carbocycles. The highest BCUT2D eigenvalue weighted by Gasteiger charge is 2.32. The average Bonchev–Trinajstić information content (AvgIpc) is 1.84. The number of fused-ring (bicyclic) bond motifs is 8. The SMILES string of the molecule is Cc1ccc(S(=O)(=O)Oc2c3cc(CCO)cc2Cc2cc(CCO)cc(c2OS(=O)(=O)c2ccc(C)cc2)Cc2cc(CCO)cc(c2OS(=O)(=O)c2ccc(C)cc2)Cc2cc(CCO)cc(c2OS(=O)(=O)c2ccc(C)cc2)C3)cc1. The van der Waals surface area contributed by atoms with Crippen LogP contribution in [0.5, 0.6) is 23.0 Å². The van der Waals surface area contributed by atoms with Crippen molar-refractivity contribution in [3.63, 3.8) is 0 Å². The highest BCUT2D eigenvalue weighted by molar-refractivity contribution is 7.88. The van der Waals surface area contributed by atoms with Gasteiger partial charge in [-0.2, -0.15) is 33.7 Å². The number of aliphatic hydroxyl groups excluding tert-OH is 4. The van der Waals surface area contributed by atoms with E-state index in [4.69, 9.17) is 16.7 Å². The summed E-state index contributed by atoms with van der Waals surface area (Å²) in [6, 6.07) is 36.7. The van der Waals surface area contributed by atoms with Gasteiger partial charge in [-0.3, -0.25) is 0 Å². The van der Waals surface area contributed by atoms with Crippen LogP contribution >= 0.6 is 0 Å². The second-order valence-electron chi connectivity index (χ2n) is 21.0. The monoisotopic (exact) mass is 1220 g/mol. The van der Waals surface area contributed by atoms with Gasteiger partial charge in [0.25, 0.3) is 0 Å². The fraction of sp³-hybridized carbons (Fsp3) is 0.250. The fourth-order valence-corrected chi connectivity index (χ4v) is 14.1. The molecule has 440 valence electrons. The molecule has 8 aromatic rings. The Morgan fingerprint density at radius 2 is 0.440 bits per heavy atom. The summed E-state index contributed by atoms with van der Waals surface area (Å²) in [4.78, 5) is -0.846. The number of aryl methyl sites for hydroxylation is 4. The molecule has 16 nitrogen and oxygen atoms in total. The zero-order chi connectivity index (χ0) is 60.1. The molecule has 0 unspecified atom stereocenters. The highest BCUT2D eigenvalue weighted by Crippen LogP contribution is 2.43. The minimum atomic E-state index is -4.73. The molecule has 8 bridgehead atoms. The number of hydrogen-bond acceptors (Lipinski definition) is 16. The Morgan fingerprint density at radius 1 is 0.286 bits per heavy atom. The molecular formula is C64H64O16S4. The maximum atomic E-state index is 14.7. The van der Waals surface area contributed by atoms with E-state index in [0.717, 1.165) is 22.3 Å². The van der Waals surface area contributed by atoms with Gasteiger partial charge in [-0.25, -0.2) is 0 Å². The first-order chi connectivity index (χ1) is 40.0. The van der Waals surface area contributed by atoms with Crippen LogP contribution in [-0.2, 0) is 91.8 Å². The summed E-state index contributed by atoms with van der Waals surface area (Å²) in [5, 5.41) is 42.2. The number of hydrogen-bond donors (Lipinski definition) is 4. The van der Waals surface area contributed by atoms with Gasteiger partial charge in [-0.05, 0) is 124 Å². The van der Waals surface area contributed by atoms with Gasteiger partial charge in [-0.15, -0.1) is 0 Å². The summed E-state index contributed by atoms with van der Waals surface area (Å²) in [6.07, 6.45) is -1.32. The Balaban J connectivity index is 1.42. The smallest absolute Gasteiger partial charge is 0.339 e. The number of aliphatic hydroxyl groups is 4. The van der Waals surface area contributed by atoms with Crippen molar-refractivity contribution in [3.05, 3.63) is 235 Å². The second-order valence-corrected chi connectivity index (χ2v) is 27.2. The zero-order valence-electron chi connectivity index (χ0n) is 46.7. The number of rotatable bonds is 20. The van der Waals surface area contributed by atoms with Gasteiger partial charge < -0.3 is 37.2 Å². The molecule has 4 N–H and O–H groups in total. The lowest BCUT2D eigenvalue weighted by atomic mass is 9.87. The summed E-state index contributed by atoms with van der Waals surface area (Å²) in [5.41, 5.74) is 6.07. The molecule has 8 aromatic carbocycles. The minimum absolute atomic E-state index is 0.0198. The van der Waals surface area contributed by atoms with Gasteiger partial charge >= 0.3 is 40.5 Å². The first-order valence-corrected chi connectivity index (χ1v) is 32.7. The summed E-state index contributed by atoms with van der Waals surface area (Å²) in [5.74, 6) is -0.933. The maximum absolute atomic E-state index is 14.7. The third-order valence-electron chi connectivity index (χ3n) is 14.3. The quantitative estimate of drug-likeness (QED) is 0.0520. The minimum Gasteiger partial charge on any atom is -0.396 e. The molecular weight excluding hydrogens is 1150 g/mol. The second kappa shape index (κ2) is 25.4. The topological polar surface area (TPSA) is 254 Å². The summed E-state index contributed by atoms with van der Waals surface area (Å²) < 4.78 is 143.